The average molecular weight is 481 g/mol. The molecule has 34 heavy (non-hydrogen) atoms. The normalized spacial score (nSPS) is 15.1. The van der Waals surface area contributed by atoms with Crippen molar-refractivity contribution in [2.24, 2.45) is 0 Å². The number of imidazole rings is 1. The fraction of sp³-hybridized carbons (Fsp3) is 0.217. The molecule has 2 N–H and O–H groups in total. The number of nitrogens with zero attached hydrogens (tertiary/aromatic N) is 5. The van der Waals surface area contributed by atoms with Gasteiger partial charge in [-0.1, -0.05) is 11.6 Å². The Morgan fingerprint density at radius 3 is 2.76 bits per heavy atom. The van der Waals surface area contributed by atoms with Crippen LogP contribution in [0.1, 0.15) is 5.82 Å². The van der Waals surface area contributed by atoms with Gasteiger partial charge in [-0.15, -0.1) is 0 Å². The van der Waals surface area contributed by atoms with Gasteiger partial charge in [0.15, 0.2) is 11.6 Å². The van der Waals surface area contributed by atoms with Crippen molar-refractivity contribution in [2.45, 2.75) is 19.1 Å². The van der Waals surface area contributed by atoms with E-state index in [0.29, 0.717) is 40.2 Å². The molecule has 9 nitrogen and oxygen atoms in total. The van der Waals surface area contributed by atoms with E-state index in [1.165, 1.54) is 6.07 Å². The van der Waals surface area contributed by atoms with Gasteiger partial charge in [-0.25, -0.2) is 14.4 Å². The summed E-state index contributed by atoms with van der Waals surface area (Å²) in [5.41, 5.74) is 2.12. The maximum Gasteiger partial charge on any atom is 0.191 e. The Morgan fingerprint density at radius 1 is 1.18 bits per heavy atom. The summed E-state index contributed by atoms with van der Waals surface area (Å²) in [5.74, 6) is 0.315. The molecule has 0 amide bonds. The quantitative estimate of drug-likeness (QED) is 0.390. The first kappa shape index (κ1) is 21.0. The smallest absolute Gasteiger partial charge is 0.191 e. The molecule has 0 aliphatic carbocycles. The molecule has 3 aromatic heterocycles. The number of hydrogen-bond donors (Lipinski definition) is 2. The van der Waals surface area contributed by atoms with E-state index in [1.54, 1.807) is 48.4 Å². The maximum absolute atomic E-state index is 14.9. The highest BCUT2D eigenvalue weighted by Crippen LogP contribution is 2.37. The summed E-state index contributed by atoms with van der Waals surface area (Å²) in [6.45, 7) is 2.63. The van der Waals surface area contributed by atoms with Gasteiger partial charge in [0.1, 0.15) is 33.2 Å². The van der Waals surface area contributed by atoms with E-state index in [0.717, 1.165) is 0 Å². The molecule has 1 aliphatic heterocycles. The molecule has 0 bridgehead atoms. The first-order chi connectivity index (χ1) is 16.4. The van der Waals surface area contributed by atoms with E-state index in [2.05, 4.69) is 25.0 Å². The van der Waals surface area contributed by atoms with E-state index in [4.69, 9.17) is 21.1 Å². The molecule has 172 valence electrons. The van der Waals surface area contributed by atoms with E-state index in [-0.39, 0.29) is 35.3 Å². The van der Waals surface area contributed by atoms with Crippen molar-refractivity contribution in [1.82, 2.24) is 29.7 Å². The largest absolute Gasteiger partial charge is 0.453 e. The lowest BCUT2D eigenvalue weighted by Crippen LogP contribution is -2.52. The number of benzene rings is 2. The fourth-order valence-electron chi connectivity index (χ4n) is 3.90. The second-order valence-corrected chi connectivity index (χ2v) is 8.72. The average Bonchev–Trinajstić information content (AvgIpc) is 3.42. The number of aromatic amines is 1. The van der Waals surface area contributed by atoms with Crippen LogP contribution < -0.4 is 4.74 Å². The first-order valence-electron chi connectivity index (χ1n) is 10.5. The van der Waals surface area contributed by atoms with E-state index < -0.39 is 11.4 Å². The number of halogens is 2. The summed E-state index contributed by atoms with van der Waals surface area (Å²) < 4.78 is 27.5. The van der Waals surface area contributed by atoms with Gasteiger partial charge in [-0.3, -0.25) is 9.67 Å². The van der Waals surface area contributed by atoms with Crippen LogP contribution in [0, 0.1) is 12.7 Å². The van der Waals surface area contributed by atoms with Crippen LogP contribution in [-0.2, 0) is 11.3 Å². The third-order valence-corrected chi connectivity index (χ3v) is 6.01. The summed E-state index contributed by atoms with van der Waals surface area (Å²) >= 11 is 6.61. The van der Waals surface area contributed by atoms with Gasteiger partial charge < -0.3 is 19.6 Å². The van der Waals surface area contributed by atoms with Crippen LogP contribution in [0.5, 0.6) is 11.5 Å². The van der Waals surface area contributed by atoms with E-state index >= 15 is 0 Å². The molecule has 0 spiro atoms. The molecule has 0 radical (unpaired) electrons. The molecule has 6 rings (SSSR count). The Hall–Kier alpha value is -3.60. The highest BCUT2D eigenvalue weighted by Gasteiger charge is 2.36. The zero-order valence-corrected chi connectivity index (χ0v) is 18.7. The Kier molecular flexibility index (Phi) is 4.76. The first-order valence-corrected chi connectivity index (χ1v) is 10.9. The molecule has 5 aromatic rings. The Labute approximate surface area is 197 Å². The zero-order chi connectivity index (χ0) is 23.4. The predicted octanol–water partition coefficient (Wildman–Crippen LogP) is 4.02. The monoisotopic (exact) mass is 480 g/mol. The van der Waals surface area contributed by atoms with E-state index in [1.807, 2.05) is 0 Å². The third kappa shape index (κ3) is 3.56. The minimum Gasteiger partial charge on any atom is -0.453 e. The molecule has 1 aliphatic rings. The molecule has 2 aromatic carbocycles. The maximum atomic E-state index is 14.9. The fourth-order valence-corrected chi connectivity index (χ4v) is 4.14. The highest BCUT2D eigenvalue weighted by atomic mass is 35.5. The number of nitrogens with one attached hydrogen (secondary N) is 1. The van der Waals surface area contributed by atoms with Gasteiger partial charge in [-0.2, -0.15) is 5.10 Å². The van der Waals surface area contributed by atoms with Crippen LogP contribution in [-0.4, -0.2) is 53.6 Å². The lowest BCUT2D eigenvalue weighted by Gasteiger charge is -2.35. The van der Waals surface area contributed by atoms with Gasteiger partial charge in [0.2, 0.25) is 0 Å². The molecule has 4 heterocycles. The van der Waals surface area contributed by atoms with Gasteiger partial charge in [-0.05, 0) is 31.2 Å². The highest BCUT2D eigenvalue weighted by molar-refractivity contribution is 6.36. The minimum absolute atomic E-state index is 0.0145. The zero-order valence-electron chi connectivity index (χ0n) is 17.9. The topological polar surface area (TPSA) is 111 Å². The van der Waals surface area contributed by atoms with Crippen LogP contribution in [0.3, 0.4) is 0 Å². The predicted molar refractivity (Wildman–Crippen MR) is 122 cm³/mol. The molecule has 1 fully saturated rings. The lowest BCUT2D eigenvalue weighted by molar-refractivity contribution is -0.186. The molecular weight excluding hydrogens is 463 g/mol. The molecule has 0 atom stereocenters. The molecule has 11 heteroatoms. The number of hydrogen-bond acceptors (Lipinski definition) is 7. The Balaban J connectivity index is 1.33. The van der Waals surface area contributed by atoms with Crippen LogP contribution >= 0.6 is 11.6 Å². The van der Waals surface area contributed by atoms with Crippen molar-refractivity contribution in [1.29, 1.82) is 0 Å². The summed E-state index contributed by atoms with van der Waals surface area (Å²) in [7, 11) is 0. The summed E-state index contributed by atoms with van der Waals surface area (Å²) in [6, 6.07) is 6.52. The van der Waals surface area contributed by atoms with Gasteiger partial charge in [0, 0.05) is 11.8 Å². The van der Waals surface area contributed by atoms with Crippen LogP contribution in [0.4, 0.5) is 4.39 Å². The number of aromatic nitrogens is 6. The Bertz CT molecular complexity index is 1560. The third-order valence-electron chi connectivity index (χ3n) is 5.64. The van der Waals surface area contributed by atoms with Crippen molar-refractivity contribution in [3.05, 3.63) is 59.5 Å². The molecule has 1 saturated heterocycles. The lowest BCUT2D eigenvalue weighted by atomic mass is 10.0. The summed E-state index contributed by atoms with van der Waals surface area (Å²) in [4.78, 5) is 16.2. The standard InChI is InChI=1S/C23H18ClFN6O3/c1-12-28-15-3-5-18(20(25)22(15)29-12)34-17-4-2-14-21(19(17)24)30-16(7-26-14)13-6-27-31(8-13)9-23(32)10-33-11-23/h2-8,32H,9-11H2,1H3,(H,28,29). The van der Waals surface area contributed by atoms with Gasteiger partial charge in [0.25, 0.3) is 0 Å². The minimum atomic E-state index is -0.902. The van der Waals surface area contributed by atoms with Crippen molar-refractivity contribution in [3.63, 3.8) is 0 Å². The SMILES string of the molecule is Cc1nc2ccc(Oc3ccc4ncc(-c5cnn(CC6(O)COC6)c5)nc4c3Cl)c(F)c2[nH]1. The second-order valence-electron chi connectivity index (χ2n) is 8.34. The van der Waals surface area contributed by atoms with Crippen molar-refractivity contribution in [3.8, 4) is 22.8 Å². The number of aryl methyl sites for hydroxylation is 1. The summed E-state index contributed by atoms with van der Waals surface area (Å²) in [5, 5.41) is 14.8. The van der Waals surface area contributed by atoms with Crippen LogP contribution in [0.25, 0.3) is 33.3 Å². The number of H-pyrrole nitrogens is 1. The molecule has 0 saturated carbocycles. The van der Waals surface area contributed by atoms with Crippen molar-refractivity contribution in [2.75, 3.05) is 13.2 Å². The van der Waals surface area contributed by atoms with Crippen molar-refractivity contribution < 1.29 is 19.0 Å². The van der Waals surface area contributed by atoms with Crippen LogP contribution in [0.15, 0.2) is 42.9 Å². The van der Waals surface area contributed by atoms with Gasteiger partial charge >= 0.3 is 0 Å². The number of aliphatic hydroxyl groups is 1. The number of fused-ring (bicyclic) bond motifs is 2. The van der Waals surface area contributed by atoms with Crippen molar-refractivity contribution >= 4 is 33.7 Å². The van der Waals surface area contributed by atoms with Crippen LogP contribution in [0.2, 0.25) is 5.02 Å². The molecule has 0 unspecified atom stereocenters. The molecular formula is C23H18ClFN6O3. The second kappa shape index (κ2) is 7.73. The summed E-state index contributed by atoms with van der Waals surface area (Å²) in [6.07, 6.45) is 5.04. The number of ether oxygens (including phenoxy) is 2. The van der Waals surface area contributed by atoms with E-state index in [9.17, 15) is 9.50 Å². The number of rotatable bonds is 5. The van der Waals surface area contributed by atoms with Gasteiger partial charge in [0.05, 0.1) is 48.9 Å². The Morgan fingerprint density at radius 2 is 1.97 bits per heavy atom.